The van der Waals surface area contributed by atoms with Gasteiger partial charge in [-0.15, -0.1) is 0 Å². The fraction of sp³-hybridized carbons (Fsp3) is 0.185. The summed E-state index contributed by atoms with van der Waals surface area (Å²) in [4.78, 5) is 30.7. The van der Waals surface area contributed by atoms with E-state index in [-0.39, 0.29) is 16.9 Å². The van der Waals surface area contributed by atoms with Gasteiger partial charge >= 0.3 is 11.9 Å². The van der Waals surface area contributed by atoms with Crippen molar-refractivity contribution in [3.8, 4) is 22.6 Å². The summed E-state index contributed by atoms with van der Waals surface area (Å²) < 4.78 is 44.0. The summed E-state index contributed by atoms with van der Waals surface area (Å²) in [5, 5.41) is 4.32. The number of hydrogen-bond donors (Lipinski definition) is 0. The molecular weight excluding hydrogens is 483 g/mol. The van der Waals surface area contributed by atoms with Crippen molar-refractivity contribution in [2.24, 2.45) is 0 Å². The molecule has 0 fully saturated rings. The highest BCUT2D eigenvalue weighted by Gasteiger charge is 2.31. The number of alkyl halides is 3. The van der Waals surface area contributed by atoms with Gasteiger partial charge in [-0.25, -0.2) is 14.3 Å². The van der Waals surface area contributed by atoms with E-state index in [1.807, 2.05) is 0 Å². The first-order valence-electron chi connectivity index (χ1n) is 11.3. The minimum atomic E-state index is -4.61. The number of hydrogen-bond acceptors (Lipinski definition) is 3. The smallest absolute Gasteiger partial charge is 0.268 e. The first-order valence-corrected chi connectivity index (χ1v) is 11.3. The molecule has 2 aromatic carbocycles. The second-order valence-electron chi connectivity index (χ2n) is 8.32. The first-order chi connectivity index (χ1) is 17.6. The number of rotatable bonds is 5. The monoisotopic (exact) mass is 505 g/mol. The second kappa shape index (κ2) is 9.78. The molecule has 0 aliphatic carbocycles. The van der Waals surface area contributed by atoms with Gasteiger partial charge in [-0.2, -0.15) is 18.3 Å². The Morgan fingerprint density at radius 2 is 1.76 bits per heavy atom. The van der Waals surface area contributed by atoms with Crippen LogP contribution in [0.2, 0.25) is 0 Å². The maximum Gasteiger partial charge on any atom is 0.416 e. The Morgan fingerprint density at radius 3 is 2.38 bits per heavy atom. The quantitative estimate of drug-likeness (QED) is 0.252. The van der Waals surface area contributed by atoms with Gasteiger partial charge in [-0.3, -0.25) is 13.9 Å². The van der Waals surface area contributed by atoms with Crippen LogP contribution in [0.5, 0.6) is 0 Å². The van der Waals surface area contributed by atoms with Gasteiger partial charge in [0.1, 0.15) is 0 Å². The molecule has 0 unspecified atom stereocenters. The van der Waals surface area contributed by atoms with E-state index in [4.69, 9.17) is 6.57 Å². The van der Waals surface area contributed by atoms with Gasteiger partial charge in [0.25, 0.3) is 5.56 Å². The molecular formula is C27H22F3N5O2. The van der Waals surface area contributed by atoms with Crippen LogP contribution in [0.25, 0.3) is 27.5 Å². The molecule has 2 heterocycles. The molecule has 2 aromatic heterocycles. The van der Waals surface area contributed by atoms with Gasteiger partial charge in [0.05, 0.1) is 47.0 Å². The highest BCUT2D eigenvalue weighted by molar-refractivity contribution is 5.65. The van der Waals surface area contributed by atoms with E-state index >= 15 is 0 Å². The van der Waals surface area contributed by atoms with E-state index in [2.05, 4.69) is 9.94 Å². The third-order valence-corrected chi connectivity index (χ3v) is 5.96. The van der Waals surface area contributed by atoms with Crippen molar-refractivity contribution in [3.05, 3.63) is 116 Å². The van der Waals surface area contributed by atoms with Gasteiger partial charge in [0.2, 0.25) is 0 Å². The fourth-order valence-corrected chi connectivity index (χ4v) is 4.24. The molecule has 4 aromatic rings. The summed E-state index contributed by atoms with van der Waals surface area (Å²) in [6, 6.07) is 11.9. The van der Waals surface area contributed by atoms with E-state index in [0.29, 0.717) is 17.1 Å². The summed E-state index contributed by atoms with van der Waals surface area (Å²) in [5.74, 6) is 0. The second-order valence-corrected chi connectivity index (χ2v) is 8.32. The predicted molar refractivity (Wildman–Crippen MR) is 134 cm³/mol. The van der Waals surface area contributed by atoms with E-state index in [9.17, 15) is 22.8 Å². The molecule has 0 spiro atoms. The van der Waals surface area contributed by atoms with Crippen LogP contribution in [-0.2, 0) is 6.18 Å². The molecule has 0 aliphatic rings. The van der Waals surface area contributed by atoms with E-state index in [1.165, 1.54) is 29.9 Å². The molecule has 0 N–H and O–H groups in total. The highest BCUT2D eigenvalue weighted by Crippen LogP contribution is 2.31. The van der Waals surface area contributed by atoms with Gasteiger partial charge in [-0.05, 0) is 57.2 Å². The zero-order chi connectivity index (χ0) is 26.9. The minimum Gasteiger partial charge on any atom is -0.268 e. The third-order valence-electron chi connectivity index (χ3n) is 5.96. The lowest BCUT2D eigenvalue weighted by Gasteiger charge is -2.20. The Morgan fingerprint density at radius 1 is 1.05 bits per heavy atom. The highest BCUT2D eigenvalue weighted by atomic mass is 19.4. The van der Waals surface area contributed by atoms with Crippen molar-refractivity contribution in [3.63, 3.8) is 0 Å². The zero-order valence-corrected chi connectivity index (χ0v) is 20.2. The number of benzene rings is 2. The molecule has 0 amide bonds. The van der Waals surface area contributed by atoms with Crippen molar-refractivity contribution in [2.45, 2.75) is 33.0 Å². The molecule has 0 aliphatic heterocycles. The summed E-state index contributed by atoms with van der Waals surface area (Å²) in [6.45, 7) is 12.1. The van der Waals surface area contributed by atoms with Crippen LogP contribution in [0.3, 0.4) is 0 Å². The van der Waals surface area contributed by atoms with Crippen LogP contribution < -0.4 is 11.2 Å². The molecule has 0 saturated heterocycles. The van der Waals surface area contributed by atoms with Crippen molar-refractivity contribution in [2.75, 3.05) is 0 Å². The van der Waals surface area contributed by atoms with E-state index in [0.717, 1.165) is 21.3 Å². The maximum atomic E-state index is 13.8. The maximum absolute atomic E-state index is 13.8. The summed E-state index contributed by atoms with van der Waals surface area (Å²) in [5.41, 5.74) is -0.683. The summed E-state index contributed by atoms with van der Waals surface area (Å²) in [6.07, 6.45) is 0.211. The molecule has 4 rings (SSSR count). The topological polar surface area (TPSA) is 66.2 Å². The lowest BCUT2D eigenvalue weighted by Crippen LogP contribution is -2.43. The molecule has 0 bridgehead atoms. The standard InChI is InChI=1S/C27H22F3N5O2/c1-5-7-17(2)33-25(36)24(23-14-15-32-35(23)21-12-10-20(31-4)11-13-21)18(3)34(26(33)37)22-9-6-8-19(16-22)27(28,29)30/h5-17H,1-3H3/t17-/m1/s1. The summed E-state index contributed by atoms with van der Waals surface area (Å²) in [7, 11) is 0. The van der Waals surface area contributed by atoms with Gasteiger partial charge in [0.15, 0.2) is 5.69 Å². The van der Waals surface area contributed by atoms with Gasteiger partial charge < -0.3 is 0 Å². The number of aromatic nitrogens is 4. The van der Waals surface area contributed by atoms with Crippen molar-refractivity contribution in [1.82, 2.24) is 18.9 Å². The third kappa shape index (κ3) is 4.63. The molecule has 7 nitrogen and oxygen atoms in total. The average Bonchev–Trinajstić information content (AvgIpc) is 3.33. The molecule has 0 saturated carbocycles. The Labute approximate surface area is 210 Å². The van der Waals surface area contributed by atoms with Crippen molar-refractivity contribution in [1.29, 1.82) is 0 Å². The van der Waals surface area contributed by atoms with Gasteiger partial charge in [-0.1, -0.05) is 30.4 Å². The van der Waals surface area contributed by atoms with Crippen molar-refractivity contribution >= 4 is 5.69 Å². The lowest BCUT2D eigenvalue weighted by molar-refractivity contribution is -0.137. The normalized spacial score (nSPS) is 12.6. The summed E-state index contributed by atoms with van der Waals surface area (Å²) >= 11 is 0. The Hall–Kier alpha value is -4.65. The Balaban J connectivity index is 2.07. The van der Waals surface area contributed by atoms with Crippen molar-refractivity contribution < 1.29 is 13.2 Å². The number of halogens is 3. The lowest BCUT2D eigenvalue weighted by atomic mass is 10.1. The van der Waals surface area contributed by atoms with Gasteiger partial charge in [0, 0.05) is 5.69 Å². The number of allylic oxidation sites excluding steroid dienone is 2. The largest absolute Gasteiger partial charge is 0.416 e. The molecule has 37 heavy (non-hydrogen) atoms. The van der Waals surface area contributed by atoms with Crippen LogP contribution in [-0.4, -0.2) is 18.9 Å². The number of nitrogens with zero attached hydrogens (tertiary/aromatic N) is 5. The first kappa shape index (κ1) is 25.4. The van der Waals surface area contributed by atoms with Crippen LogP contribution in [0.4, 0.5) is 18.9 Å². The fourth-order valence-electron chi connectivity index (χ4n) is 4.24. The van der Waals surface area contributed by atoms with Crippen LogP contribution in [0, 0.1) is 13.5 Å². The predicted octanol–water partition coefficient (Wildman–Crippen LogP) is 5.87. The average molecular weight is 506 g/mol. The molecule has 10 heteroatoms. The Bertz CT molecular complexity index is 1650. The van der Waals surface area contributed by atoms with Crippen LogP contribution in [0.1, 0.15) is 31.1 Å². The molecule has 1 atom stereocenters. The van der Waals surface area contributed by atoms with Crippen LogP contribution in [0.15, 0.2) is 82.5 Å². The van der Waals surface area contributed by atoms with E-state index < -0.39 is 29.0 Å². The molecule has 188 valence electrons. The van der Waals surface area contributed by atoms with E-state index in [1.54, 1.807) is 56.3 Å². The van der Waals surface area contributed by atoms with Crippen LogP contribution >= 0.6 is 0 Å². The SMILES string of the molecule is [C-]#[N+]c1ccc(-n2nccc2-c2c(C)n(-c3cccc(C(F)(F)F)c3)c(=O)n([C@H](C)C=CC)c2=O)cc1. The Kier molecular flexibility index (Phi) is 6.72. The molecule has 0 radical (unpaired) electrons. The zero-order valence-electron chi connectivity index (χ0n) is 20.2. The minimum absolute atomic E-state index is 0.0209.